The second-order valence-electron chi connectivity index (χ2n) is 7.40. The van der Waals surface area contributed by atoms with Crippen molar-refractivity contribution >= 4 is 53.7 Å². The highest BCUT2D eigenvalue weighted by Crippen LogP contribution is 2.82. The maximum absolute atomic E-state index is 13.3. The van der Waals surface area contributed by atoms with Gasteiger partial charge in [0, 0.05) is 36.4 Å². The Morgan fingerprint density at radius 3 is 2.14 bits per heavy atom. The summed E-state index contributed by atoms with van der Waals surface area (Å²) in [6.07, 6.45) is 2.09. The third-order valence-electron chi connectivity index (χ3n) is 6.66. The van der Waals surface area contributed by atoms with E-state index in [1.807, 2.05) is 0 Å². The number of amides is 1. The van der Waals surface area contributed by atoms with Crippen molar-refractivity contribution in [1.29, 1.82) is 0 Å². The van der Waals surface area contributed by atoms with Gasteiger partial charge in [-0.2, -0.15) is 0 Å². The van der Waals surface area contributed by atoms with Crippen molar-refractivity contribution in [3.63, 3.8) is 0 Å². The highest BCUT2D eigenvalue weighted by atomic mass is 79.9. The third-order valence-corrected chi connectivity index (χ3v) is 9.89. The normalized spacial score (nSPS) is 42.2. The molecule has 1 amide bonds. The molecular formula is C15H23Br3N2O. The van der Waals surface area contributed by atoms with Gasteiger partial charge < -0.3 is 9.80 Å². The zero-order valence-corrected chi connectivity index (χ0v) is 17.6. The van der Waals surface area contributed by atoms with Crippen LogP contribution in [-0.2, 0) is 4.79 Å². The molecule has 4 aliphatic rings. The molecule has 4 rings (SSSR count). The number of piperazine rings is 1. The van der Waals surface area contributed by atoms with Crippen LogP contribution < -0.4 is 0 Å². The molecule has 1 saturated heterocycles. The summed E-state index contributed by atoms with van der Waals surface area (Å²) >= 11 is 11.4. The Labute approximate surface area is 152 Å². The molecule has 2 bridgehead atoms. The standard InChI is InChI=1S/C15H23Br3N2O/c1-13(2)14(11(17)18)4-5-15(13,10(14)16)12(21)20-8-6-19(3)7-9-20/h10-11H,4-9H2,1-3H3/t10-,14-,15+/m0/s1. The van der Waals surface area contributed by atoms with Crippen molar-refractivity contribution in [3.8, 4) is 0 Å². The number of rotatable bonds is 2. The Kier molecular flexibility index (Phi) is 4.13. The summed E-state index contributed by atoms with van der Waals surface area (Å²) in [6, 6.07) is 0. The van der Waals surface area contributed by atoms with E-state index in [9.17, 15) is 4.79 Å². The Balaban J connectivity index is 1.88. The Morgan fingerprint density at radius 1 is 1.14 bits per heavy atom. The molecule has 4 fully saturated rings. The maximum atomic E-state index is 13.3. The van der Waals surface area contributed by atoms with Crippen LogP contribution in [0.1, 0.15) is 26.7 Å². The van der Waals surface area contributed by atoms with Crippen molar-refractivity contribution in [3.05, 3.63) is 0 Å². The van der Waals surface area contributed by atoms with Crippen LogP contribution in [0.15, 0.2) is 0 Å². The third kappa shape index (κ3) is 1.82. The van der Waals surface area contributed by atoms with Crippen molar-refractivity contribution in [1.82, 2.24) is 9.80 Å². The molecule has 0 aromatic carbocycles. The smallest absolute Gasteiger partial charge is 0.230 e. The summed E-state index contributed by atoms with van der Waals surface area (Å²) in [4.78, 5) is 18.0. The maximum Gasteiger partial charge on any atom is 0.230 e. The summed E-state index contributed by atoms with van der Waals surface area (Å²) in [7, 11) is 2.13. The molecule has 0 aromatic rings. The van der Waals surface area contributed by atoms with Gasteiger partial charge in [0.1, 0.15) is 0 Å². The lowest BCUT2D eigenvalue weighted by molar-refractivity contribution is -0.174. The topological polar surface area (TPSA) is 23.6 Å². The summed E-state index contributed by atoms with van der Waals surface area (Å²) in [6.45, 7) is 8.26. The first kappa shape index (κ1) is 16.7. The van der Waals surface area contributed by atoms with Crippen LogP contribution in [0.5, 0.6) is 0 Å². The highest BCUT2D eigenvalue weighted by Gasteiger charge is 2.83. The van der Waals surface area contributed by atoms with Gasteiger partial charge in [-0.3, -0.25) is 4.79 Å². The van der Waals surface area contributed by atoms with Gasteiger partial charge in [-0.15, -0.1) is 0 Å². The molecule has 0 radical (unpaired) electrons. The van der Waals surface area contributed by atoms with Gasteiger partial charge in [0.2, 0.25) is 5.91 Å². The van der Waals surface area contributed by atoms with E-state index in [0.29, 0.717) is 5.91 Å². The lowest BCUT2D eigenvalue weighted by atomic mass is 9.43. The minimum atomic E-state index is -0.233. The molecule has 3 aliphatic carbocycles. The van der Waals surface area contributed by atoms with Crippen LogP contribution in [0.2, 0.25) is 0 Å². The van der Waals surface area contributed by atoms with Crippen LogP contribution in [0.4, 0.5) is 0 Å². The van der Waals surface area contributed by atoms with Gasteiger partial charge >= 0.3 is 0 Å². The monoisotopic (exact) mass is 484 g/mol. The van der Waals surface area contributed by atoms with Crippen molar-refractivity contribution < 1.29 is 4.79 Å². The molecule has 1 aliphatic heterocycles. The van der Waals surface area contributed by atoms with Gasteiger partial charge in [0.15, 0.2) is 0 Å². The zero-order chi connectivity index (χ0) is 15.6. The molecule has 0 N–H and O–H groups in total. The lowest BCUT2D eigenvalue weighted by Crippen LogP contribution is -2.72. The van der Waals surface area contributed by atoms with E-state index in [-0.39, 0.29) is 24.8 Å². The number of carbonyl (C=O) groups excluding carboxylic acids is 1. The van der Waals surface area contributed by atoms with Crippen LogP contribution >= 0.6 is 47.8 Å². The first-order valence-corrected chi connectivity index (χ1v) is 10.4. The number of hydrogen-bond donors (Lipinski definition) is 0. The number of hydrogen-bond acceptors (Lipinski definition) is 2. The molecule has 0 aromatic heterocycles. The number of halogens is 3. The number of nitrogens with zero attached hydrogens (tertiary/aromatic N) is 2. The van der Waals surface area contributed by atoms with Crippen molar-refractivity contribution in [2.75, 3.05) is 33.2 Å². The quantitative estimate of drug-likeness (QED) is 0.558. The van der Waals surface area contributed by atoms with E-state index in [0.717, 1.165) is 39.0 Å². The lowest BCUT2D eigenvalue weighted by Gasteiger charge is -2.66. The summed E-state index contributed by atoms with van der Waals surface area (Å²) < 4.78 is 0.243. The number of carbonyl (C=O) groups is 1. The van der Waals surface area contributed by atoms with Crippen molar-refractivity contribution in [2.24, 2.45) is 16.2 Å². The van der Waals surface area contributed by atoms with Crippen LogP contribution in [0.3, 0.4) is 0 Å². The molecule has 21 heavy (non-hydrogen) atoms. The Hall–Kier alpha value is 0.870. The number of alkyl halides is 3. The summed E-state index contributed by atoms with van der Waals surface area (Å²) in [5, 5.41) is 0. The second kappa shape index (κ2) is 5.18. The average Bonchev–Trinajstić information content (AvgIpc) is 2.88. The van der Waals surface area contributed by atoms with Gasteiger partial charge in [-0.1, -0.05) is 61.6 Å². The Bertz CT molecular complexity index is 462. The predicted octanol–water partition coefficient (Wildman–Crippen LogP) is 3.45. The molecule has 3 nitrogen and oxygen atoms in total. The van der Waals surface area contributed by atoms with Crippen LogP contribution in [0.25, 0.3) is 0 Å². The molecule has 1 heterocycles. The molecule has 6 heteroatoms. The predicted molar refractivity (Wildman–Crippen MR) is 96.3 cm³/mol. The van der Waals surface area contributed by atoms with Gasteiger partial charge in [0.25, 0.3) is 0 Å². The molecule has 0 spiro atoms. The van der Waals surface area contributed by atoms with Gasteiger partial charge in [0.05, 0.1) is 9.15 Å². The Morgan fingerprint density at radius 2 is 1.71 bits per heavy atom. The number of likely N-dealkylation sites (N-methyl/N-ethyl adjacent to an activating group) is 1. The van der Waals surface area contributed by atoms with Gasteiger partial charge in [-0.25, -0.2) is 0 Å². The first-order valence-electron chi connectivity index (χ1n) is 7.62. The second-order valence-corrected chi connectivity index (χ2v) is 11.4. The molecule has 3 saturated carbocycles. The van der Waals surface area contributed by atoms with E-state index in [1.165, 1.54) is 0 Å². The van der Waals surface area contributed by atoms with E-state index in [1.54, 1.807) is 0 Å². The summed E-state index contributed by atoms with van der Waals surface area (Å²) in [5.74, 6) is 0.372. The SMILES string of the molecule is CN1CCN(C(=O)[C@@]23CC[C@@](C(Br)Br)([C@@H]2Br)C3(C)C)CC1. The molecule has 0 unspecified atom stereocenters. The van der Waals surface area contributed by atoms with E-state index in [2.05, 4.69) is 78.5 Å². The molecule has 3 atom stereocenters. The van der Waals surface area contributed by atoms with E-state index in [4.69, 9.17) is 0 Å². The minimum Gasteiger partial charge on any atom is -0.340 e. The van der Waals surface area contributed by atoms with Crippen LogP contribution in [0, 0.1) is 16.2 Å². The largest absolute Gasteiger partial charge is 0.340 e. The zero-order valence-electron chi connectivity index (χ0n) is 12.8. The fourth-order valence-electron chi connectivity index (χ4n) is 4.96. The van der Waals surface area contributed by atoms with E-state index < -0.39 is 0 Å². The first-order chi connectivity index (χ1) is 9.71. The number of fused-ring (bicyclic) bond motifs is 1. The van der Waals surface area contributed by atoms with E-state index >= 15 is 0 Å². The minimum absolute atomic E-state index is 0.00622. The average molecular weight is 487 g/mol. The van der Waals surface area contributed by atoms with Gasteiger partial charge in [-0.05, 0) is 25.3 Å². The highest BCUT2D eigenvalue weighted by molar-refractivity contribution is 9.24. The summed E-state index contributed by atoms with van der Waals surface area (Å²) in [5.41, 5.74) is -0.107. The molecule has 120 valence electrons. The fourth-order valence-corrected chi connectivity index (χ4v) is 9.86. The van der Waals surface area contributed by atoms with Crippen molar-refractivity contribution in [2.45, 2.75) is 35.3 Å². The fraction of sp³-hybridized carbons (Fsp3) is 0.933. The molecular weight excluding hydrogens is 464 g/mol. The van der Waals surface area contributed by atoms with Crippen LogP contribution in [-0.4, -0.2) is 57.5 Å².